The van der Waals surface area contributed by atoms with Crippen LogP contribution in [0.25, 0.3) is 0 Å². The summed E-state index contributed by atoms with van der Waals surface area (Å²) >= 11 is 0. The summed E-state index contributed by atoms with van der Waals surface area (Å²) in [7, 11) is -1.35. The molecule has 0 aliphatic carbocycles. The SMILES string of the molecule is C=CCOB(O)OC(C)(C)C(C)(C)O. The maximum Gasteiger partial charge on any atom is 0.637 e. The molecule has 0 bridgehead atoms. The Balaban J connectivity index is 4.15. The van der Waals surface area contributed by atoms with Gasteiger partial charge in [-0.2, -0.15) is 0 Å². The monoisotopic (exact) mass is 202 g/mol. The lowest BCUT2D eigenvalue weighted by molar-refractivity contribution is -0.112. The molecule has 0 spiro atoms. The van der Waals surface area contributed by atoms with Gasteiger partial charge in [0.15, 0.2) is 0 Å². The van der Waals surface area contributed by atoms with Crippen molar-refractivity contribution in [1.82, 2.24) is 0 Å². The summed E-state index contributed by atoms with van der Waals surface area (Å²) in [5.41, 5.74) is -1.96. The van der Waals surface area contributed by atoms with E-state index in [1.165, 1.54) is 6.08 Å². The Morgan fingerprint density at radius 2 is 1.86 bits per heavy atom. The Morgan fingerprint density at radius 1 is 1.36 bits per heavy atom. The van der Waals surface area contributed by atoms with Crippen molar-refractivity contribution >= 4 is 7.32 Å². The Morgan fingerprint density at radius 3 is 2.21 bits per heavy atom. The van der Waals surface area contributed by atoms with Gasteiger partial charge in [-0.1, -0.05) is 6.08 Å². The third-order valence-corrected chi connectivity index (χ3v) is 2.23. The van der Waals surface area contributed by atoms with E-state index in [0.717, 1.165) is 0 Å². The first kappa shape index (κ1) is 13.6. The molecule has 0 atom stereocenters. The van der Waals surface area contributed by atoms with E-state index in [2.05, 4.69) is 6.58 Å². The Bertz CT molecular complexity index is 186. The van der Waals surface area contributed by atoms with E-state index in [9.17, 15) is 10.1 Å². The fourth-order valence-corrected chi connectivity index (χ4v) is 0.581. The van der Waals surface area contributed by atoms with Crippen molar-refractivity contribution in [2.24, 2.45) is 0 Å². The summed E-state index contributed by atoms with van der Waals surface area (Å²) < 4.78 is 9.97. The van der Waals surface area contributed by atoms with Crippen LogP contribution in [0.4, 0.5) is 0 Å². The highest BCUT2D eigenvalue weighted by Gasteiger charge is 2.39. The van der Waals surface area contributed by atoms with Crippen LogP contribution in [0.3, 0.4) is 0 Å². The smallest absolute Gasteiger partial charge is 0.402 e. The molecule has 0 radical (unpaired) electrons. The molecule has 0 aromatic carbocycles. The molecule has 0 aliphatic rings. The fraction of sp³-hybridized carbons (Fsp3) is 0.778. The second kappa shape index (κ2) is 4.93. The van der Waals surface area contributed by atoms with E-state index in [-0.39, 0.29) is 6.61 Å². The third-order valence-electron chi connectivity index (χ3n) is 2.23. The van der Waals surface area contributed by atoms with Gasteiger partial charge in [0.2, 0.25) is 0 Å². The van der Waals surface area contributed by atoms with E-state index in [1.807, 2.05) is 0 Å². The highest BCUT2D eigenvalue weighted by atomic mass is 16.7. The van der Waals surface area contributed by atoms with Gasteiger partial charge in [-0.15, -0.1) is 6.58 Å². The summed E-state index contributed by atoms with van der Waals surface area (Å²) in [5, 5.41) is 19.0. The van der Waals surface area contributed by atoms with Gasteiger partial charge in [0.25, 0.3) is 0 Å². The first-order valence-electron chi connectivity index (χ1n) is 4.51. The fourth-order valence-electron chi connectivity index (χ4n) is 0.581. The van der Waals surface area contributed by atoms with Crippen LogP contribution in [0.5, 0.6) is 0 Å². The van der Waals surface area contributed by atoms with Gasteiger partial charge in [-0.3, -0.25) is 0 Å². The first-order chi connectivity index (χ1) is 6.20. The van der Waals surface area contributed by atoms with Crippen LogP contribution >= 0.6 is 0 Å². The maximum absolute atomic E-state index is 9.71. The molecule has 0 aliphatic heterocycles. The van der Waals surface area contributed by atoms with E-state index in [0.29, 0.717) is 0 Å². The molecule has 0 saturated heterocycles. The Kier molecular flexibility index (Phi) is 4.81. The predicted octanol–water partition coefficient (Wildman–Crippen LogP) is 0.732. The largest absolute Gasteiger partial charge is 0.637 e. The maximum atomic E-state index is 9.71. The van der Waals surface area contributed by atoms with E-state index >= 15 is 0 Å². The molecule has 0 aromatic rings. The first-order valence-corrected chi connectivity index (χ1v) is 4.51. The molecular weight excluding hydrogens is 183 g/mol. The van der Waals surface area contributed by atoms with Gasteiger partial charge in [0, 0.05) is 0 Å². The molecule has 0 rings (SSSR count). The van der Waals surface area contributed by atoms with Gasteiger partial charge < -0.3 is 19.4 Å². The van der Waals surface area contributed by atoms with Crippen LogP contribution in [0.15, 0.2) is 12.7 Å². The van der Waals surface area contributed by atoms with E-state index in [1.54, 1.807) is 27.7 Å². The number of aliphatic hydroxyl groups is 1. The zero-order valence-electron chi connectivity index (χ0n) is 9.28. The third kappa shape index (κ3) is 4.24. The molecule has 5 heteroatoms. The molecular formula is C9H19BO4. The average Bonchev–Trinajstić information content (AvgIpc) is 1.97. The number of hydrogen-bond donors (Lipinski definition) is 2. The van der Waals surface area contributed by atoms with Gasteiger partial charge in [-0.05, 0) is 27.7 Å². The van der Waals surface area contributed by atoms with Crippen molar-refractivity contribution < 1.29 is 19.4 Å². The highest BCUT2D eigenvalue weighted by molar-refractivity contribution is 6.34. The molecule has 4 nitrogen and oxygen atoms in total. The van der Waals surface area contributed by atoms with Crippen LogP contribution in [-0.4, -0.2) is 35.3 Å². The van der Waals surface area contributed by atoms with Gasteiger partial charge in [0.05, 0.1) is 17.8 Å². The summed E-state index contributed by atoms with van der Waals surface area (Å²) in [5.74, 6) is 0. The molecule has 0 unspecified atom stereocenters. The van der Waals surface area contributed by atoms with E-state index in [4.69, 9.17) is 9.31 Å². The molecule has 0 aromatic heterocycles. The molecule has 0 fully saturated rings. The minimum atomic E-state index is -1.35. The van der Waals surface area contributed by atoms with Crippen LogP contribution < -0.4 is 0 Å². The molecule has 0 heterocycles. The predicted molar refractivity (Wildman–Crippen MR) is 55.6 cm³/mol. The van der Waals surface area contributed by atoms with Gasteiger partial charge in [-0.25, -0.2) is 0 Å². The zero-order valence-corrected chi connectivity index (χ0v) is 9.28. The lowest BCUT2D eigenvalue weighted by Gasteiger charge is -2.37. The molecule has 2 N–H and O–H groups in total. The number of rotatable bonds is 6. The second-order valence-electron chi connectivity index (χ2n) is 4.12. The molecule has 0 saturated carbocycles. The molecule has 0 amide bonds. The van der Waals surface area contributed by atoms with Crippen molar-refractivity contribution in [3.8, 4) is 0 Å². The van der Waals surface area contributed by atoms with Crippen LogP contribution in [0.2, 0.25) is 0 Å². The normalized spacial score (nSPS) is 12.7. The molecule has 82 valence electrons. The topological polar surface area (TPSA) is 58.9 Å². The van der Waals surface area contributed by atoms with Gasteiger partial charge in [0.1, 0.15) is 0 Å². The summed E-state index contributed by atoms with van der Waals surface area (Å²) in [6, 6.07) is 0. The molecule has 14 heavy (non-hydrogen) atoms. The van der Waals surface area contributed by atoms with Crippen LogP contribution in [0.1, 0.15) is 27.7 Å². The zero-order chi connectivity index (χ0) is 11.4. The van der Waals surface area contributed by atoms with Gasteiger partial charge >= 0.3 is 7.32 Å². The van der Waals surface area contributed by atoms with Crippen molar-refractivity contribution in [2.75, 3.05) is 6.61 Å². The highest BCUT2D eigenvalue weighted by Crippen LogP contribution is 2.25. The minimum absolute atomic E-state index is 0.198. The standard InChI is InChI=1S/C9H19BO4/c1-6-7-13-10(12)14-9(4,5)8(2,3)11/h6,11-12H,1,7H2,2-5H3. The van der Waals surface area contributed by atoms with E-state index < -0.39 is 18.5 Å². The van der Waals surface area contributed by atoms with Crippen molar-refractivity contribution in [3.63, 3.8) is 0 Å². The summed E-state index contributed by atoms with van der Waals surface area (Å²) in [6.07, 6.45) is 1.50. The second-order valence-corrected chi connectivity index (χ2v) is 4.12. The Labute approximate surface area is 85.7 Å². The van der Waals surface area contributed by atoms with Crippen molar-refractivity contribution in [2.45, 2.75) is 38.9 Å². The number of hydrogen-bond acceptors (Lipinski definition) is 4. The van der Waals surface area contributed by atoms with Crippen molar-refractivity contribution in [3.05, 3.63) is 12.7 Å². The van der Waals surface area contributed by atoms with Crippen LogP contribution in [0, 0.1) is 0 Å². The van der Waals surface area contributed by atoms with Crippen molar-refractivity contribution in [1.29, 1.82) is 0 Å². The lowest BCUT2D eigenvalue weighted by atomic mass is 9.88. The minimum Gasteiger partial charge on any atom is -0.402 e. The van der Waals surface area contributed by atoms with Crippen LogP contribution in [-0.2, 0) is 9.31 Å². The lowest BCUT2D eigenvalue weighted by Crippen LogP contribution is -2.51. The Hall–Kier alpha value is -0.355. The summed E-state index contributed by atoms with van der Waals surface area (Å²) in [4.78, 5) is 0. The quantitative estimate of drug-likeness (QED) is 0.492. The average molecular weight is 202 g/mol. The summed E-state index contributed by atoms with van der Waals surface area (Å²) in [6.45, 7) is 10.2.